The molecule has 1 heterocycles. The fourth-order valence-corrected chi connectivity index (χ4v) is 3.09. The van der Waals surface area contributed by atoms with Gasteiger partial charge < -0.3 is 5.32 Å². The number of aryl methyl sites for hydroxylation is 1. The van der Waals surface area contributed by atoms with Crippen molar-refractivity contribution in [1.82, 2.24) is 4.98 Å². The summed E-state index contributed by atoms with van der Waals surface area (Å²) in [5.41, 5.74) is 2.38. The van der Waals surface area contributed by atoms with Gasteiger partial charge in [0.15, 0.2) is 0 Å². The molecule has 0 saturated heterocycles. The van der Waals surface area contributed by atoms with Crippen molar-refractivity contribution < 1.29 is 18.0 Å². The van der Waals surface area contributed by atoms with Crippen LogP contribution in [0.5, 0.6) is 0 Å². The third-order valence-electron chi connectivity index (χ3n) is 4.38. The first-order valence-electron chi connectivity index (χ1n) is 8.94. The van der Waals surface area contributed by atoms with Gasteiger partial charge in [-0.1, -0.05) is 35.9 Å². The van der Waals surface area contributed by atoms with E-state index in [1.54, 1.807) is 12.4 Å². The van der Waals surface area contributed by atoms with E-state index in [0.29, 0.717) is 6.42 Å². The van der Waals surface area contributed by atoms with Crippen molar-refractivity contribution in [3.8, 4) is 0 Å². The first kappa shape index (κ1) is 20.9. The Hall–Kier alpha value is -2.86. The molecule has 3 aromatic rings. The first-order valence-corrected chi connectivity index (χ1v) is 9.32. The predicted octanol–water partition coefficient (Wildman–Crippen LogP) is 5.92. The van der Waals surface area contributed by atoms with Crippen LogP contribution >= 0.6 is 11.6 Å². The quantitative estimate of drug-likeness (QED) is 0.540. The zero-order valence-electron chi connectivity index (χ0n) is 15.3. The molecule has 0 aliphatic carbocycles. The van der Waals surface area contributed by atoms with Crippen molar-refractivity contribution in [3.05, 3.63) is 94.3 Å². The molecular formula is C22H18ClF3N2O. The average molecular weight is 419 g/mol. The van der Waals surface area contributed by atoms with E-state index in [0.717, 1.165) is 35.2 Å². The van der Waals surface area contributed by atoms with Crippen LogP contribution in [0.3, 0.4) is 0 Å². The Labute approximate surface area is 171 Å². The highest BCUT2D eigenvalue weighted by atomic mass is 35.5. The van der Waals surface area contributed by atoms with Gasteiger partial charge in [-0.25, -0.2) is 0 Å². The fraction of sp³-hybridized carbons (Fsp3) is 0.182. The highest BCUT2D eigenvalue weighted by molar-refractivity contribution is 6.31. The summed E-state index contributed by atoms with van der Waals surface area (Å²) in [5, 5.41) is 2.09. The van der Waals surface area contributed by atoms with Crippen molar-refractivity contribution in [2.45, 2.75) is 25.4 Å². The molecule has 1 aromatic heterocycles. The standard InChI is InChI=1S/C22H18ClF3N2O/c23-20-7-6-18(14-19(20)22(24,25)26)28-21(29)8-5-15-1-3-16(4-2-15)13-17-9-11-27-12-10-17/h1-4,6-7,9-12,14H,5,8,13H2,(H,28,29). The summed E-state index contributed by atoms with van der Waals surface area (Å²) in [5.74, 6) is -0.360. The maximum atomic E-state index is 12.9. The number of halogens is 4. The summed E-state index contributed by atoms with van der Waals surface area (Å²) >= 11 is 5.59. The van der Waals surface area contributed by atoms with Crippen LogP contribution in [0.4, 0.5) is 18.9 Å². The minimum atomic E-state index is -4.57. The first-order chi connectivity index (χ1) is 13.8. The number of hydrogen-bond donors (Lipinski definition) is 1. The molecule has 1 N–H and O–H groups in total. The van der Waals surface area contributed by atoms with E-state index in [9.17, 15) is 18.0 Å². The number of aromatic nitrogens is 1. The van der Waals surface area contributed by atoms with Crippen molar-refractivity contribution in [2.75, 3.05) is 5.32 Å². The van der Waals surface area contributed by atoms with Gasteiger partial charge in [-0.05, 0) is 59.9 Å². The Morgan fingerprint density at radius 3 is 2.21 bits per heavy atom. The summed E-state index contributed by atoms with van der Waals surface area (Å²) in [7, 11) is 0. The average Bonchev–Trinajstić information content (AvgIpc) is 2.69. The topological polar surface area (TPSA) is 42.0 Å². The number of nitrogens with zero attached hydrogens (tertiary/aromatic N) is 1. The van der Waals surface area contributed by atoms with Gasteiger partial charge in [-0.15, -0.1) is 0 Å². The van der Waals surface area contributed by atoms with Crippen LogP contribution < -0.4 is 5.32 Å². The van der Waals surface area contributed by atoms with Gasteiger partial charge in [0.2, 0.25) is 5.91 Å². The lowest BCUT2D eigenvalue weighted by Gasteiger charge is -2.12. The molecule has 1 amide bonds. The Balaban J connectivity index is 1.54. The molecule has 0 aliphatic rings. The second-order valence-electron chi connectivity index (χ2n) is 6.59. The van der Waals surface area contributed by atoms with Crippen LogP contribution in [0.2, 0.25) is 5.02 Å². The highest BCUT2D eigenvalue weighted by Crippen LogP contribution is 2.36. The Bertz CT molecular complexity index is 974. The number of rotatable bonds is 6. The molecule has 150 valence electrons. The molecule has 0 radical (unpaired) electrons. The number of hydrogen-bond acceptors (Lipinski definition) is 2. The summed E-state index contributed by atoms with van der Waals surface area (Å²) in [6.07, 6.45) is 0.368. The molecule has 0 fully saturated rings. The van der Waals surface area contributed by atoms with Crippen molar-refractivity contribution >= 4 is 23.2 Å². The van der Waals surface area contributed by atoms with Gasteiger partial charge in [-0.2, -0.15) is 13.2 Å². The molecule has 7 heteroatoms. The zero-order valence-corrected chi connectivity index (χ0v) is 16.1. The minimum Gasteiger partial charge on any atom is -0.326 e. The molecule has 0 aliphatic heterocycles. The molecule has 3 nitrogen and oxygen atoms in total. The number of anilines is 1. The van der Waals surface area contributed by atoms with Gasteiger partial charge in [0, 0.05) is 24.5 Å². The molecule has 0 bridgehead atoms. The Kier molecular flexibility index (Phi) is 6.54. The lowest BCUT2D eigenvalue weighted by Crippen LogP contribution is -2.14. The third-order valence-corrected chi connectivity index (χ3v) is 4.71. The summed E-state index contributed by atoms with van der Waals surface area (Å²) < 4.78 is 38.7. The summed E-state index contributed by atoms with van der Waals surface area (Å²) in [6, 6.07) is 15.1. The summed E-state index contributed by atoms with van der Waals surface area (Å²) in [4.78, 5) is 16.1. The van der Waals surface area contributed by atoms with Crippen LogP contribution in [-0.4, -0.2) is 10.9 Å². The lowest BCUT2D eigenvalue weighted by molar-refractivity contribution is -0.137. The molecular weight excluding hydrogens is 401 g/mol. The van der Waals surface area contributed by atoms with Gasteiger partial charge in [0.1, 0.15) is 0 Å². The third kappa shape index (κ3) is 6.06. The zero-order chi connectivity index (χ0) is 20.9. The van der Waals surface area contributed by atoms with E-state index < -0.39 is 16.8 Å². The number of pyridine rings is 1. The van der Waals surface area contributed by atoms with Crippen molar-refractivity contribution in [3.63, 3.8) is 0 Å². The number of carbonyl (C=O) groups is 1. The van der Waals surface area contributed by atoms with E-state index in [4.69, 9.17) is 11.6 Å². The second kappa shape index (κ2) is 9.09. The smallest absolute Gasteiger partial charge is 0.326 e. The van der Waals surface area contributed by atoms with Crippen LogP contribution in [0.25, 0.3) is 0 Å². The lowest BCUT2D eigenvalue weighted by atomic mass is 10.0. The van der Waals surface area contributed by atoms with Gasteiger partial charge in [-0.3, -0.25) is 9.78 Å². The predicted molar refractivity (Wildman–Crippen MR) is 107 cm³/mol. The second-order valence-corrected chi connectivity index (χ2v) is 7.00. The van der Waals surface area contributed by atoms with Crippen LogP contribution in [0.1, 0.15) is 28.7 Å². The Morgan fingerprint density at radius 2 is 1.55 bits per heavy atom. The molecule has 0 atom stereocenters. The monoisotopic (exact) mass is 418 g/mol. The van der Waals surface area contributed by atoms with E-state index in [1.165, 1.54) is 6.07 Å². The SMILES string of the molecule is O=C(CCc1ccc(Cc2ccncc2)cc1)Nc1ccc(Cl)c(C(F)(F)F)c1. The van der Waals surface area contributed by atoms with Crippen LogP contribution in [-0.2, 0) is 23.8 Å². The molecule has 0 unspecified atom stereocenters. The minimum absolute atomic E-state index is 0.0689. The van der Waals surface area contributed by atoms with E-state index >= 15 is 0 Å². The fourth-order valence-electron chi connectivity index (χ4n) is 2.86. The molecule has 29 heavy (non-hydrogen) atoms. The van der Waals surface area contributed by atoms with E-state index in [2.05, 4.69) is 10.3 Å². The maximum Gasteiger partial charge on any atom is 0.417 e. The highest BCUT2D eigenvalue weighted by Gasteiger charge is 2.33. The molecule has 0 spiro atoms. The van der Waals surface area contributed by atoms with E-state index in [1.807, 2.05) is 36.4 Å². The molecule has 2 aromatic carbocycles. The number of benzene rings is 2. The number of alkyl halides is 3. The van der Waals surface area contributed by atoms with Gasteiger partial charge in [0.25, 0.3) is 0 Å². The van der Waals surface area contributed by atoms with Gasteiger partial charge in [0.05, 0.1) is 10.6 Å². The number of carbonyl (C=O) groups excluding carboxylic acids is 1. The summed E-state index contributed by atoms with van der Waals surface area (Å²) in [6.45, 7) is 0. The van der Waals surface area contributed by atoms with Crippen LogP contribution in [0.15, 0.2) is 67.0 Å². The van der Waals surface area contributed by atoms with Crippen molar-refractivity contribution in [1.29, 1.82) is 0 Å². The van der Waals surface area contributed by atoms with Gasteiger partial charge >= 0.3 is 6.18 Å². The van der Waals surface area contributed by atoms with E-state index in [-0.39, 0.29) is 18.0 Å². The number of amides is 1. The largest absolute Gasteiger partial charge is 0.417 e. The normalized spacial score (nSPS) is 11.3. The van der Waals surface area contributed by atoms with Crippen LogP contribution in [0, 0.1) is 0 Å². The number of nitrogens with one attached hydrogen (secondary N) is 1. The maximum absolute atomic E-state index is 12.9. The Morgan fingerprint density at radius 1 is 0.931 bits per heavy atom. The van der Waals surface area contributed by atoms with Crippen molar-refractivity contribution in [2.24, 2.45) is 0 Å². The molecule has 0 saturated carbocycles. The molecule has 3 rings (SSSR count).